The zero-order valence-corrected chi connectivity index (χ0v) is 12.0. The molecular weight excluding hydrogens is 244 g/mol. The number of rotatable bonds is 6. The van der Waals surface area contributed by atoms with Crippen LogP contribution in [0.1, 0.15) is 25.2 Å². The van der Waals surface area contributed by atoms with Gasteiger partial charge in [0.1, 0.15) is 0 Å². The van der Waals surface area contributed by atoms with Gasteiger partial charge in [0.25, 0.3) is 0 Å². The summed E-state index contributed by atoms with van der Waals surface area (Å²) >= 11 is 1.65. The lowest BCUT2D eigenvalue weighted by Gasteiger charge is -2.10. The molecule has 0 aliphatic carbocycles. The van der Waals surface area contributed by atoms with Gasteiger partial charge in [0.05, 0.1) is 16.9 Å². The minimum atomic E-state index is 0.619. The summed E-state index contributed by atoms with van der Waals surface area (Å²) in [6, 6.07) is 0. The Balaban J connectivity index is 1.98. The zero-order chi connectivity index (χ0) is 13.0. The number of hydrogen-bond donors (Lipinski definition) is 1. The SMILES string of the molecule is Cc1cn(CCc2cscn2)c(NCC(C)C)n1. The summed E-state index contributed by atoms with van der Waals surface area (Å²) in [7, 11) is 0. The van der Waals surface area contributed by atoms with Crippen molar-refractivity contribution in [2.24, 2.45) is 5.92 Å². The van der Waals surface area contributed by atoms with Crippen LogP contribution < -0.4 is 5.32 Å². The van der Waals surface area contributed by atoms with Crippen LogP contribution >= 0.6 is 11.3 Å². The molecule has 2 heterocycles. The molecule has 2 rings (SSSR count). The fraction of sp³-hybridized carbons (Fsp3) is 0.538. The third-order valence-electron chi connectivity index (χ3n) is 2.66. The van der Waals surface area contributed by atoms with E-state index in [2.05, 4.69) is 45.3 Å². The molecule has 0 saturated carbocycles. The molecule has 0 unspecified atom stereocenters. The second-order valence-corrected chi connectivity index (χ2v) is 5.62. The predicted molar refractivity (Wildman–Crippen MR) is 76.1 cm³/mol. The molecule has 0 atom stereocenters. The lowest BCUT2D eigenvalue weighted by Crippen LogP contribution is -2.13. The molecule has 2 aromatic rings. The van der Waals surface area contributed by atoms with Crippen molar-refractivity contribution in [1.82, 2.24) is 14.5 Å². The molecule has 0 aliphatic rings. The average molecular weight is 264 g/mol. The van der Waals surface area contributed by atoms with E-state index in [9.17, 15) is 0 Å². The highest BCUT2D eigenvalue weighted by atomic mass is 32.1. The third kappa shape index (κ3) is 3.57. The topological polar surface area (TPSA) is 42.7 Å². The number of anilines is 1. The highest BCUT2D eigenvalue weighted by Crippen LogP contribution is 2.11. The molecule has 0 aromatic carbocycles. The first-order valence-electron chi connectivity index (χ1n) is 6.30. The normalized spacial score (nSPS) is 11.1. The number of aryl methyl sites for hydroxylation is 3. The maximum absolute atomic E-state index is 4.52. The van der Waals surface area contributed by atoms with Crippen LogP contribution in [-0.2, 0) is 13.0 Å². The minimum absolute atomic E-state index is 0.619. The van der Waals surface area contributed by atoms with E-state index in [0.29, 0.717) is 5.92 Å². The van der Waals surface area contributed by atoms with Crippen molar-refractivity contribution in [3.8, 4) is 0 Å². The molecule has 0 fully saturated rings. The Kier molecular flexibility index (Phi) is 4.36. The van der Waals surface area contributed by atoms with Gasteiger partial charge < -0.3 is 9.88 Å². The van der Waals surface area contributed by atoms with Gasteiger partial charge in [-0.15, -0.1) is 11.3 Å². The minimum Gasteiger partial charge on any atom is -0.355 e. The summed E-state index contributed by atoms with van der Waals surface area (Å²) in [5.41, 5.74) is 4.09. The van der Waals surface area contributed by atoms with Gasteiger partial charge in [0.2, 0.25) is 5.95 Å². The maximum atomic E-state index is 4.52. The highest BCUT2D eigenvalue weighted by molar-refractivity contribution is 7.07. The molecule has 4 nitrogen and oxygen atoms in total. The Bertz CT molecular complexity index is 473. The number of thiazole rings is 1. The monoisotopic (exact) mass is 264 g/mol. The fourth-order valence-corrected chi connectivity index (χ4v) is 2.34. The largest absolute Gasteiger partial charge is 0.355 e. The second kappa shape index (κ2) is 6.00. The van der Waals surface area contributed by atoms with Crippen molar-refractivity contribution in [3.63, 3.8) is 0 Å². The first kappa shape index (κ1) is 13.1. The zero-order valence-electron chi connectivity index (χ0n) is 11.2. The molecule has 0 spiro atoms. The standard InChI is InChI=1S/C13H20N4S/c1-10(2)6-14-13-16-11(3)7-17(13)5-4-12-8-18-9-15-12/h7-10H,4-6H2,1-3H3,(H,14,16). The van der Waals surface area contributed by atoms with E-state index < -0.39 is 0 Å². The van der Waals surface area contributed by atoms with Crippen LogP contribution in [-0.4, -0.2) is 21.1 Å². The first-order chi connectivity index (χ1) is 8.65. The van der Waals surface area contributed by atoms with E-state index in [0.717, 1.165) is 36.8 Å². The first-order valence-corrected chi connectivity index (χ1v) is 7.24. The predicted octanol–water partition coefficient (Wildman–Crippen LogP) is 2.96. The lowest BCUT2D eigenvalue weighted by atomic mass is 10.2. The van der Waals surface area contributed by atoms with Gasteiger partial charge in [0, 0.05) is 31.1 Å². The number of imidazole rings is 1. The van der Waals surface area contributed by atoms with Crippen LogP contribution in [0.4, 0.5) is 5.95 Å². The van der Waals surface area contributed by atoms with Crippen LogP contribution in [0.25, 0.3) is 0 Å². The molecule has 0 saturated heterocycles. The van der Waals surface area contributed by atoms with E-state index >= 15 is 0 Å². The molecule has 98 valence electrons. The molecule has 5 heteroatoms. The van der Waals surface area contributed by atoms with Crippen molar-refractivity contribution in [2.45, 2.75) is 33.7 Å². The molecule has 0 aliphatic heterocycles. The van der Waals surface area contributed by atoms with Gasteiger partial charge >= 0.3 is 0 Å². The van der Waals surface area contributed by atoms with Crippen molar-refractivity contribution in [3.05, 3.63) is 28.5 Å². The lowest BCUT2D eigenvalue weighted by molar-refractivity contribution is 0.658. The van der Waals surface area contributed by atoms with Crippen molar-refractivity contribution < 1.29 is 0 Å². The Morgan fingerprint density at radius 1 is 1.44 bits per heavy atom. The van der Waals surface area contributed by atoms with Gasteiger partial charge in [-0.3, -0.25) is 0 Å². The van der Waals surface area contributed by atoms with Crippen molar-refractivity contribution in [1.29, 1.82) is 0 Å². The molecule has 1 N–H and O–H groups in total. The van der Waals surface area contributed by atoms with Gasteiger partial charge in [-0.25, -0.2) is 9.97 Å². The number of nitrogens with zero attached hydrogens (tertiary/aromatic N) is 3. The Morgan fingerprint density at radius 3 is 2.94 bits per heavy atom. The summed E-state index contributed by atoms with van der Waals surface area (Å²) in [5.74, 6) is 1.59. The van der Waals surface area contributed by atoms with E-state index in [4.69, 9.17) is 0 Å². The smallest absolute Gasteiger partial charge is 0.203 e. The quantitative estimate of drug-likeness (QED) is 0.872. The summed E-state index contributed by atoms with van der Waals surface area (Å²) in [4.78, 5) is 8.82. The van der Waals surface area contributed by atoms with Gasteiger partial charge in [-0.05, 0) is 12.8 Å². The molecule has 0 radical (unpaired) electrons. The number of nitrogens with one attached hydrogen (secondary N) is 1. The van der Waals surface area contributed by atoms with Crippen LogP contribution in [0.2, 0.25) is 0 Å². The highest BCUT2D eigenvalue weighted by Gasteiger charge is 2.06. The Morgan fingerprint density at radius 2 is 2.28 bits per heavy atom. The number of hydrogen-bond acceptors (Lipinski definition) is 4. The molecule has 0 bridgehead atoms. The van der Waals surface area contributed by atoms with Gasteiger partial charge in [-0.2, -0.15) is 0 Å². The fourth-order valence-electron chi connectivity index (χ4n) is 1.75. The van der Waals surface area contributed by atoms with Crippen LogP contribution in [0.5, 0.6) is 0 Å². The Labute approximate surface area is 112 Å². The third-order valence-corrected chi connectivity index (χ3v) is 3.29. The Hall–Kier alpha value is -1.36. The van der Waals surface area contributed by atoms with Crippen molar-refractivity contribution >= 4 is 17.3 Å². The van der Waals surface area contributed by atoms with Crippen LogP contribution in [0, 0.1) is 12.8 Å². The molecule has 2 aromatic heterocycles. The van der Waals surface area contributed by atoms with E-state index in [1.165, 1.54) is 0 Å². The second-order valence-electron chi connectivity index (χ2n) is 4.90. The van der Waals surface area contributed by atoms with Crippen LogP contribution in [0.3, 0.4) is 0 Å². The van der Waals surface area contributed by atoms with E-state index in [1.807, 2.05) is 12.4 Å². The summed E-state index contributed by atoms with van der Waals surface area (Å²) in [6.45, 7) is 8.29. The van der Waals surface area contributed by atoms with Crippen LogP contribution in [0.15, 0.2) is 17.1 Å². The molecule has 18 heavy (non-hydrogen) atoms. The maximum Gasteiger partial charge on any atom is 0.203 e. The molecular formula is C13H20N4S. The summed E-state index contributed by atoms with van der Waals surface area (Å²) < 4.78 is 2.18. The number of aromatic nitrogens is 3. The van der Waals surface area contributed by atoms with E-state index in [1.54, 1.807) is 11.3 Å². The van der Waals surface area contributed by atoms with Gasteiger partial charge in [-0.1, -0.05) is 13.8 Å². The van der Waals surface area contributed by atoms with E-state index in [-0.39, 0.29) is 0 Å². The summed E-state index contributed by atoms with van der Waals surface area (Å²) in [5, 5.41) is 5.50. The summed E-state index contributed by atoms with van der Waals surface area (Å²) in [6.07, 6.45) is 3.05. The van der Waals surface area contributed by atoms with Gasteiger partial charge in [0.15, 0.2) is 0 Å². The molecule has 0 amide bonds. The average Bonchev–Trinajstić information content (AvgIpc) is 2.92. The van der Waals surface area contributed by atoms with Crippen molar-refractivity contribution in [2.75, 3.05) is 11.9 Å².